The highest BCUT2D eigenvalue weighted by atomic mass is 35.5. The van der Waals surface area contributed by atoms with Crippen molar-refractivity contribution in [3.63, 3.8) is 0 Å². The maximum Gasteiger partial charge on any atom is 0.235 e. The molecule has 1 aliphatic rings. The van der Waals surface area contributed by atoms with Gasteiger partial charge in [-0.25, -0.2) is 0 Å². The summed E-state index contributed by atoms with van der Waals surface area (Å²) >= 11 is 6.00. The number of halogens is 1. The van der Waals surface area contributed by atoms with Crippen molar-refractivity contribution in [2.24, 2.45) is 0 Å². The van der Waals surface area contributed by atoms with Crippen LogP contribution in [0.4, 0.5) is 5.69 Å². The smallest absolute Gasteiger partial charge is 0.235 e. The summed E-state index contributed by atoms with van der Waals surface area (Å²) in [7, 11) is 0. The Morgan fingerprint density at radius 2 is 1.85 bits per heavy atom. The SMILES string of the molecule is CCOCCOCc1cccc(NC(=O)C2(c3ccc(Cl)cc3)CCC2)c1. The van der Waals surface area contributed by atoms with E-state index >= 15 is 0 Å². The summed E-state index contributed by atoms with van der Waals surface area (Å²) in [6.45, 7) is 4.31. The van der Waals surface area contributed by atoms with Crippen molar-refractivity contribution in [2.45, 2.75) is 38.2 Å². The zero-order valence-corrected chi connectivity index (χ0v) is 16.4. The number of nitrogens with one attached hydrogen (secondary N) is 1. The molecule has 0 heterocycles. The maximum absolute atomic E-state index is 13.1. The molecule has 2 aromatic rings. The summed E-state index contributed by atoms with van der Waals surface area (Å²) in [6.07, 6.45) is 2.78. The van der Waals surface area contributed by atoms with E-state index in [9.17, 15) is 4.79 Å². The first-order valence-electron chi connectivity index (χ1n) is 9.46. The zero-order chi connectivity index (χ0) is 19.1. The second-order valence-electron chi connectivity index (χ2n) is 6.85. The van der Waals surface area contributed by atoms with Gasteiger partial charge in [0.2, 0.25) is 5.91 Å². The molecule has 0 aromatic heterocycles. The van der Waals surface area contributed by atoms with Crippen LogP contribution in [0, 0.1) is 0 Å². The Kier molecular flexibility index (Phi) is 6.89. The fraction of sp³-hybridized carbons (Fsp3) is 0.409. The monoisotopic (exact) mass is 387 g/mol. The Hall–Kier alpha value is -1.88. The third kappa shape index (κ3) is 4.89. The predicted molar refractivity (Wildman–Crippen MR) is 108 cm³/mol. The Morgan fingerprint density at radius 1 is 1.11 bits per heavy atom. The van der Waals surface area contributed by atoms with Crippen LogP contribution < -0.4 is 5.32 Å². The second kappa shape index (κ2) is 9.36. The summed E-state index contributed by atoms with van der Waals surface area (Å²) in [5.41, 5.74) is 2.41. The Labute approximate surface area is 165 Å². The lowest BCUT2D eigenvalue weighted by Crippen LogP contribution is -2.46. The minimum absolute atomic E-state index is 0.0467. The van der Waals surface area contributed by atoms with E-state index in [1.807, 2.05) is 55.5 Å². The molecule has 2 aromatic carbocycles. The molecule has 1 amide bonds. The molecular weight excluding hydrogens is 362 g/mol. The van der Waals surface area contributed by atoms with Gasteiger partial charge in [0.05, 0.1) is 25.2 Å². The van der Waals surface area contributed by atoms with Crippen LogP contribution in [0.1, 0.15) is 37.3 Å². The van der Waals surface area contributed by atoms with Crippen LogP contribution in [-0.2, 0) is 26.3 Å². The minimum atomic E-state index is -0.450. The second-order valence-corrected chi connectivity index (χ2v) is 7.28. The van der Waals surface area contributed by atoms with Crippen molar-refractivity contribution in [3.8, 4) is 0 Å². The number of hydrogen-bond acceptors (Lipinski definition) is 3. The topological polar surface area (TPSA) is 47.6 Å². The highest BCUT2D eigenvalue weighted by Gasteiger charge is 2.45. The molecular formula is C22H26ClNO3. The van der Waals surface area contributed by atoms with Crippen molar-refractivity contribution in [2.75, 3.05) is 25.1 Å². The molecule has 1 aliphatic carbocycles. The molecule has 0 unspecified atom stereocenters. The van der Waals surface area contributed by atoms with Crippen molar-refractivity contribution in [1.29, 1.82) is 0 Å². The summed E-state index contributed by atoms with van der Waals surface area (Å²) in [4.78, 5) is 13.1. The van der Waals surface area contributed by atoms with Gasteiger partial charge in [0.25, 0.3) is 0 Å². The molecule has 0 atom stereocenters. The van der Waals surface area contributed by atoms with Crippen molar-refractivity contribution in [1.82, 2.24) is 0 Å². The summed E-state index contributed by atoms with van der Waals surface area (Å²) in [5, 5.41) is 3.78. The number of carbonyl (C=O) groups is 1. The predicted octanol–water partition coefficient (Wildman–Crippen LogP) is 4.95. The van der Waals surface area contributed by atoms with E-state index in [1.54, 1.807) is 0 Å². The number of hydrogen-bond donors (Lipinski definition) is 1. The van der Waals surface area contributed by atoms with Crippen LogP contribution in [-0.4, -0.2) is 25.7 Å². The molecule has 1 saturated carbocycles. The van der Waals surface area contributed by atoms with Crippen LogP contribution in [0.3, 0.4) is 0 Å². The first kappa shape index (κ1) is 19.9. The Balaban J connectivity index is 1.63. The molecule has 0 saturated heterocycles. The van der Waals surface area contributed by atoms with Gasteiger partial charge >= 0.3 is 0 Å². The van der Waals surface area contributed by atoms with Gasteiger partial charge in [-0.3, -0.25) is 4.79 Å². The molecule has 0 bridgehead atoms. The van der Waals surface area contributed by atoms with Crippen molar-refractivity contribution >= 4 is 23.2 Å². The number of rotatable bonds is 9. The van der Waals surface area contributed by atoms with Crippen LogP contribution in [0.2, 0.25) is 5.02 Å². The van der Waals surface area contributed by atoms with E-state index in [2.05, 4.69) is 5.32 Å². The van der Waals surface area contributed by atoms with Gasteiger partial charge in [-0.2, -0.15) is 0 Å². The zero-order valence-electron chi connectivity index (χ0n) is 15.7. The maximum atomic E-state index is 13.1. The van der Waals surface area contributed by atoms with E-state index in [4.69, 9.17) is 21.1 Å². The van der Waals surface area contributed by atoms with E-state index < -0.39 is 5.41 Å². The summed E-state index contributed by atoms with van der Waals surface area (Å²) in [5.74, 6) is 0.0467. The highest BCUT2D eigenvalue weighted by Crippen LogP contribution is 2.44. The van der Waals surface area contributed by atoms with Gasteiger partial charge in [0.15, 0.2) is 0 Å². The van der Waals surface area contributed by atoms with Gasteiger partial charge in [-0.1, -0.05) is 42.3 Å². The quantitative estimate of drug-likeness (QED) is 0.619. The third-order valence-electron chi connectivity index (χ3n) is 5.07. The average molecular weight is 388 g/mol. The summed E-state index contributed by atoms with van der Waals surface area (Å²) < 4.78 is 10.9. The number of anilines is 1. The van der Waals surface area contributed by atoms with E-state index in [0.29, 0.717) is 31.5 Å². The lowest BCUT2D eigenvalue weighted by molar-refractivity contribution is -0.124. The van der Waals surface area contributed by atoms with Crippen molar-refractivity contribution in [3.05, 3.63) is 64.7 Å². The molecule has 27 heavy (non-hydrogen) atoms. The van der Waals surface area contributed by atoms with E-state index in [0.717, 1.165) is 36.1 Å². The lowest BCUT2D eigenvalue weighted by atomic mass is 9.64. The van der Waals surface area contributed by atoms with Gasteiger partial charge in [-0.15, -0.1) is 0 Å². The molecule has 0 aliphatic heterocycles. The van der Waals surface area contributed by atoms with Gasteiger partial charge in [-0.05, 0) is 55.2 Å². The average Bonchev–Trinajstić information content (AvgIpc) is 2.62. The molecule has 1 fully saturated rings. The molecule has 1 N–H and O–H groups in total. The molecule has 5 heteroatoms. The first-order chi connectivity index (χ1) is 13.1. The molecule has 0 radical (unpaired) electrons. The highest BCUT2D eigenvalue weighted by molar-refractivity contribution is 6.30. The normalized spacial score (nSPS) is 15.2. The fourth-order valence-corrected chi connectivity index (χ4v) is 3.51. The van der Waals surface area contributed by atoms with Crippen molar-refractivity contribution < 1.29 is 14.3 Å². The molecule has 3 rings (SSSR count). The Morgan fingerprint density at radius 3 is 2.52 bits per heavy atom. The van der Waals surface area contributed by atoms with Crippen LogP contribution in [0.5, 0.6) is 0 Å². The van der Waals surface area contributed by atoms with Crippen LogP contribution >= 0.6 is 11.6 Å². The van der Waals surface area contributed by atoms with Crippen LogP contribution in [0.15, 0.2) is 48.5 Å². The van der Waals surface area contributed by atoms with Gasteiger partial charge in [0.1, 0.15) is 0 Å². The number of benzene rings is 2. The minimum Gasteiger partial charge on any atom is -0.379 e. The summed E-state index contributed by atoms with van der Waals surface area (Å²) in [6, 6.07) is 15.4. The van der Waals surface area contributed by atoms with Gasteiger partial charge < -0.3 is 14.8 Å². The standard InChI is InChI=1S/C22H26ClNO3/c1-2-26-13-14-27-16-17-5-3-6-20(15-17)24-21(25)22(11-4-12-22)18-7-9-19(23)10-8-18/h3,5-10,15H,2,4,11-14,16H2,1H3,(H,24,25). The number of amides is 1. The fourth-order valence-electron chi connectivity index (χ4n) is 3.39. The molecule has 4 nitrogen and oxygen atoms in total. The van der Waals surface area contributed by atoms with E-state index in [1.165, 1.54) is 0 Å². The third-order valence-corrected chi connectivity index (χ3v) is 5.32. The largest absolute Gasteiger partial charge is 0.379 e. The van der Waals surface area contributed by atoms with E-state index in [-0.39, 0.29) is 5.91 Å². The lowest BCUT2D eigenvalue weighted by Gasteiger charge is -2.40. The number of carbonyl (C=O) groups excluding carboxylic acids is 1. The number of ether oxygens (including phenoxy) is 2. The van der Waals surface area contributed by atoms with Gasteiger partial charge in [0, 0.05) is 17.3 Å². The molecule has 0 spiro atoms. The van der Waals surface area contributed by atoms with Crippen LogP contribution in [0.25, 0.3) is 0 Å². The first-order valence-corrected chi connectivity index (χ1v) is 9.84. The Bertz CT molecular complexity index is 756. The molecule has 144 valence electrons.